The van der Waals surface area contributed by atoms with Crippen LogP contribution in [0.4, 0.5) is 0 Å². The molecule has 3 aromatic carbocycles. The highest BCUT2D eigenvalue weighted by Gasteiger charge is 2.12. The maximum absolute atomic E-state index is 12.3. The molecule has 0 bridgehead atoms. The number of nitrogens with one attached hydrogen (secondary N) is 3. The molecule has 0 spiro atoms. The molecule has 0 aliphatic carbocycles. The number of carbonyl (C=O) groups is 2. The second-order valence-corrected chi connectivity index (χ2v) is 6.35. The van der Waals surface area contributed by atoms with Gasteiger partial charge < -0.3 is 0 Å². The summed E-state index contributed by atoms with van der Waals surface area (Å²) in [6.07, 6.45) is 0.167. The van der Waals surface area contributed by atoms with E-state index in [4.69, 9.17) is 0 Å². The first kappa shape index (κ1) is 17.5. The van der Waals surface area contributed by atoms with Crippen molar-refractivity contribution in [3.8, 4) is 11.3 Å². The number of hydrazine groups is 1. The van der Waals surface area contributed by atoms with Gasteiger partial charge in [0.2, 0.25) is 5.91 Å². The van der Waals surface area contributed by atoms with Crippen molar-refractivity contribution in [2.75, 3.05) is 0 Å². The van der Waals surface area contributed by atoms with Gasteiger partial charge in [0.05, 0.1) is 12.1 Å². The minimum atomic E-state index is -0.457. The van der Waals surface area contributed by atoms with Crippen molar-refractivity contribution in [2.45, 2.75) is 6.42 Å². The van der Waals surface area contributed by atoms with Crippen molar-refractivity contribution < 1.29 is 9.59 Å². The Labute approximate surface area is 161 Å². The van der Waals surface area contributed by atoms with Gasteiger partial charge in [0, 0.05) is 5.56 Å². The van der Waals surface area contributed by atoms with Crippen LogP contribution in [0.25, 0.3) is 22.0 Å². The Morgan fingerprint density at radius 2 is 1.61 bits per heavy atom. The fourth-order valence-corrected chi connectivity index (χ4v) is 3.05. The van der Waals surface area contributed by atoms with Gasteiger partial charge in [-0.1, -0.05) is 72.8 Å². The van der Waals surface area contributed by atoms with Crippen molar-refractivity contribution in [3.05, 3.63) is 90.1 Å². The Morgan fingerprint density at radius 3 is 2.46 bits per heavy atom. The third-order valence-electron chi connectivity index (χ3n) is 4.44. The molecule has 6 nitrogen and oxygen atoms in total. The summed E-state index contributed by atoms with van der Waals surface area (Å²) >= 11 is 0. The predicted octanol–water partition coefficient (Wildman–Crippen LogP) is 3.23. The Bertz CT molecular complexity index is 1130. The van der Waals surface area contributed by atoms with Gasteiger partial charge in [-0.15, -0.1) is 0 Å². The number of amides is 2. The van der Waals surface area contributed by atoms with Gasteiger partial charge in [0.1, 0.15) is 5.69 Å². The second-order valence-electron chi connectivity index (χ2n) is 6.35. The monoisotopic (exact) mass is 370 g/mol. The first-order valence-corrected chi connectivity index (χ1v) is 8.87. The molecule has 4 aromatic rings. The number of carbonyl (C=O) groups excluding carboxylic acids is 2. The summed E-state index contributed by atoms with van der Waals surface area (Å²) in [7, 11) is 0. The molecule has 28 heavy (non-hydrogen) atoms. The average Bonchev–Trinajstić information content (AvgIpc) is 3.23. The number of hydrogen-bond acceptors (Lipinski definition) is 3. The van der Waals surface area contributed by atoms with E-state index in [-0.39, 0.29) is 18.0 Å². The maximum atomic E-state index is 12.3. The third-order valence-corrected chi connectivity index (χ3v) is 4.44. The summed E-state index contributed by atoms with van der Waals surface area (Å²) in [4.78, 5) is 24.5. The van der Waals surface area contributed by atoms with E-state index < -0.39 is 5.91 Å². The lowest BCUT2D eigenvalue weighted by molar-refractivity contribution is -0.121. The molecule has 0 unspecified atom stereocenters. The number of rotatable bonds is 4. The minimum Gasteiger partial charge on any atom is -0.273 e. The van der Waals surface area contributed by atoms with E-state index in [1.165, 1.54) is 0 Å². The van der Waals surface area contributed by atoms with Crippen LogP contribution in [0.5, 0.6) is 0 Å². The van der Waals surface area contributed by atoms with Crippen LogP contribution in [0.1, 0.15) is 16.1 Å². The summed E-state index contributed by atoms with van der Waals surface area (Å²) in [6.45, 7) is 0. The van der Waals surface area contributed by atoms with Gasteiger partial charge in [0.25, 0.3) is 5.91 Å². The fourth-order valence-electron chi connectivity index (χ4n) is 3.05. The molecule has 4 rings (SSSR count). The molecule has 0 radical (unpaired) electrons. The molecule has 2 amide bonds. The fraction of sp³-hybridized carbons (Fsp3) is 0.0455. The lowest BCUT2D eigenvalue weighted by Gasteiger charge is -2.08. The van der Waals surface area contributed by atoms with E-state index >= 15 is 0 Å². The molecule has 0 saturated heterocycles. The van der Waals surface area contributed by atoms with E-state index in [0.29, 0.717) is 5.69 Å². The first-order valence-electron chi connectivity index (χ1n) is 8.87. The quantitative estimate of drug-likeness (QED) is 0.482. The van der Waals surface area contributed by atoms with E-state index in [1.807, 2.05) is 72.8 Å². The minimum absolute atomic E-state index is 0.167. The Kier molecular flexibility index (Phi) is 4.84. The highest BCUT2D eigenvalue weighted by atomic mass is 16.2. The van der Waals surface area contributed by atoms with Gasteiger partial charge in [-0.2, -0.15) is 5.10 Å². The van der Waals surface area contributed by atoms with Crippen LogP contribution in [0.15, 0.2) is 78.9 Å². The molecular weight excluding hydrogens is 352 g/mol. The number of aromatic amines is 1. The molecule has 0 aliphatic rings. The Morgan fingerprint density at radius 1 is 0.857 bits per heavy atom. The number of nitrogens with zero attached hydrogens (tertiary/aromatic N) is 1. The SMILES string of the molecule is O=C(Cc1cccc2ccccc12)NNC(=O)c1cc(-c2ccccc2)n[nH]1. The molecule has 1 heterocycles. The molecular formula is C22H18N4O2. The molecule has 6 heteroatoms. The Hall–Kier alpha value is -3.93. The zero-order valence-corrected chi connectivity index (χ0v) is 15.0. The summed E-state index contributed by atoms with van der Waals surface area (Å²) in [5.74, 6) is -0.756. The van der Waals surface area contributed by atoms with Crippen LogP contribution in [-0.2, 0) is 11.2 Å². The molecule has 0 fully saturated rings. The smallest absolute Gasteiger partial charge is 0.273 e. The number of aromatic nitrogens is 2. The third kappa shape index (κ3) is 3.76. The predicted molar refractivity (Wildman–Crippen MR) is 107 cm³/mol. The van der Waals surface area contributed by atoms with Gasteiger partial charge in [-0.3, -0.25) is 25.5 Å². The molecule has 3 N–H and O–H groups in total. The van der Waals surface area contributed by atoms with Crippen LogP contribution >= 0.6 is 0 Å². The van der Waals surface area contributed by atoms with Gasteiger partial charge in [-0.05, 0) is 22.4 Å². The van der Waals surface area contributed by atoms with Crippen LogP contribution in [0.3, 0.4) is 0 Å². The van der Waals surface area contributed by atoms with Crippen LogP contribution in [-0.4, -0.2) is 22.0 Å². The average molecular weight is 370 g/mol. The summed E-state index contributed by atoms with van der Waals surface area (Å²) in [5, 5.41) is 8.92. The van der Waals surface area contributed by atoms with Crippen molar-refractivity contribution >= 4 is 22.6 Å². The molecule has 1 aromatic heterocycles. The maximum Gasteiger partial charge on any atom is 0.287 e. The highest BCUT2D eigenvalue weighted by molar-refractivity contribution is 5.95. The van der Waals surface area contributed by atoms with Gasteiger partial charge >= 0.3 is 0 Å². The van der Waals surface area contributed by atoms with Crippen LogP contribution < -0.4 is 10.9 Å². The van der Waals surface area contributed by atoms with Crippen molar-refractivity contribution in [3.63, 3.8) is 0 Å². The van der Waals surface area contributed by atoms with E-state index in [2.05, 4.69) is 21.0 Å². The summed E-state index contributed by atoms with van der Waals surface area (Å²) in [6, 6.07) is 24.9. The van der Waals surface area contributed by atoms with Crippen LogP contribution in [0, 0.1) is 0 Å². The van der Waals surface area contributed by atoms with Crippen molar-refractivity contribution in [1.82, 2.24) is 21.0 Å². The molecule has 0 saturated carbocycles. The number of fused-ring (bicyclic) bond motifs is 1. The van der Waals surface area contributed by atoms with Gasteiger partial charge in [0.15, 0.2) is 0 Å². The summed E-state index contributed by atoms with van der Waals surface area (Å²) in [5.41, 5.74) is 7.61. The van der Waals surface area contributed by atoms with E-state index in [1.54, 1.807) is 6.07 Å². The molecule has 0 atom stereocenters. The van der Waals surface area contributed by atoms with Crippen LogP contribution in [0.2, 0.25) is 0 Å². The molecule has 0 aliphatic heterocycles. The van der Waals surface area contributed by atoms with Crippen molar-refractivity contribution in [2.24, 2.45) is 0 Å². The largest absolute Gasteiger partial charge is 0.287 e. The summed E-state index contributed by atoms with van der Waals surface area (Å²) < 4.78 is 0. The standard InChI is InChI=1S/C22H18N4O2/c27-21(13-17-11-6-10-15-7-4-5-12-18(15)17)25-26-22(28)20-14-19(23-24-20)16-8-2-1-3-9-16/h1-12,14H,13H2,(H,23,24)(H,25,27)(H,26,28). The number of H-pyrrole nitrogens is 1. The molecule has 138 valence electrons. The lowest BCUT2D eigenvalue weighted by Crippen LogP contribution is -2.42. The number of hydrogen-bond donors (Lipinski definition) is 3. The topological polar surface area (TPSA) is 86.9 Å². The van der Waals surface area contributed by atoms with Crippen molar-refractivity contribution in [1.29, 1.82) is 0 Å². The zero-order chi connectivity index (χ0) is 19.3. The lowest BCUT2D eigenvalue weighted by atomic mass is 10.0. The number of benzene rings is 3. The Balaban J connectivity index is 1.38. The van der Waals surface area contributed by atoms with Gasteiger partial charge in [-0.25, -0.2) is 0 Å². The first-order chi connectivity index (χ1) is 13.7. The zero-order valence-electron chi connectivity index (χ0n) is 15.0. The highest BCUT2D eigenvalue weighted by Crippen LogP contribution is 2.19. The van der Waals surface area contributed by atoms with E-state index in [0.717, 1.165) is 21.9 Å². The van der Waals surface area contributed by atoms with E-state index in [9.17, 15) is 9.59 Å². The second kappa shape index (κ2) is 7.75. The normalized spacial score (nSPS) is 10.6.